The van der Waals surface area contributed by atoms with E-state index in [0.29, 0.717) is 25.0 Å². The molecule has 0 aromatic rings. The first-order valence-corrected chi connectivity index (χ1v) is 6.19. The first kappa shape index (κ1) is 15.4. The van der Waals surface area contributed by atoms with Crippen LogP contribution >= 0.6 is 0 Å². The van der Waals surface area contributed by atoms with Gasteiger partial charge in [-0.1, -0.05) is 6.92 Å². The van der Waals surface area contributed by atoms with Gasteiger partial charge in [0.1, 0.15) is 0 Å². The Labute approximate surface area is 99.6 Å². The number of carbonyl (C=O) groups excluding carboxylic acids is 1. The van der Waals surface area contributed by atoms with Crippen LogP contribution in [0.3, 0.4) is 0 Å². The highest BCUT2D eigenvalue weighted by molar-refractivity contribution is 5.81. The van der Waals surface area contributed by atoms with Crippen LogP contribution in [0.1, 0.15) is 41.0 Å². The van der Waals surface area contributed by atoms with Crippen LogP contribution < -0.4 is 11.1 Å². The summed E-state index contributed by atoms with van der Waals surface area (Å²) in [7, 11) is 0. The van der Waals surface area contributed by atoms with Crippen molar-refractivity contribution in [2.24, 2.45) is 5.73 Å². The number of nitrogens with one attached hydrogen (secondary N) is 1. The molecule has 0 radical (unpaired) electrons. The fraction of sp³-hybridized carbons (Fsp3) is 0.917. The maximum absolute atomic E-state index is 11.4. The molecule has 1 amide bonds. The predicted octanol–water partition coefficient (Wildman–Crippen LogP) is 0.959. The summed E-state index contributed by atoms with van der Waals surface area (Å²) < 4.78 is 0. The second-order valence-electron chi connectivity index (χ2n) is 4.73. The Bertz CT molecular complexity index is 196. The summed E-state index contributed by atoms with van der Waals surface area (Å²) in [5, 5.41) is 2.87. The number of amides is 1. The van der Waals surface area contributed by atoms with E-state index in [-0.39, 0.29) is 11.9 Å². The fourth-order valence-corrected chi connectivity index (χ4v) is 1.74. The summed E-state index contributed by atoms with van der Waals surface area (Å²) in [5.41, 5.74) is 5.63. The molecule has 0 bridgehead atoms. The summed E-state index contributed by atoms with van der Waals surface area (Å²) in [6.07, 6.45) is 0.684. The van der Waals surface area contributed by atoms with Crippen LogP contribution in [0.2, 0.25) is 0 Å². The van der Waals surface area contributed by atoms with Crippen LogP contribution in [0.4, 0.5) is 0 Å². The lowest BCUT2D eigenvalue weighted by Gasteiger charge is -2.30. The van der Waals surface area contributed by atoms with Gasteiger partial charge >= 0.3 is 0 Å². The molecule has 0 aliphatic rings. The molecule has 0 aromatic carbocycles. The summed E-state index contributed by atoms with van der Waals surface area (Å²) in [6.45, 7) is 12.1. The quantitative estimate of drug-likeness (QED) is 0.683. The predicted molar refractivity (Wildman–Crippen MR) is 68.3 cm³/mol. The van der Waals surface area contributed by atoms with E-state index < -0.39 is 0 Å². The number of carbonyl (C=O) groups is 1. The molecule has 0 spiro atoms. The zero-order valence-electron chi connectivity index (χ0n) is 11.3. The van der Waals surface area contributed by atoms with Crippen molar-refractivity contribution in [3.63, 3.8) is 0 Å². The Balaban J connectivity index is 3.91. The largest absolute Gasteiger partial charge is 0.353 e. The minimum atomic E-state index is -0.369. The normalized spacial score (nSPS) is 13.6. The number of rotatable bonds is 7. The molecule has 4 heteroatoms. The van der Waals surface area contributed by atoms with Crippen molar-refractivity contribution in [1.29, 1.82) is 0 Å². The standard InChI is InChI=1S/C12H27N3O/c1-6-11(13)12(16)14-7-8-15(9(2)3)10(4)5/h9-11H,6-8,13H2,1-5H3,(H,14,16)/t11-/m0/s1. The highest BCUT2D eigenvalue weighted by Gasteiger charge is 2.14. The van der Waals surface area contributed by atoms with Gasteiger partial charge < -0.3 is 11.1 Å². The second-order valence-corrected chi connectivity index (χ2v) is 4.73. The molecule has 0 heterocycles. The number of hydrogen-bond donors (Lipinski definition) is 2. The van der Waals surface area contributed by atoms with Crippen LogP contribution in [0.5, 0.6) is 0 Å². The van der Waals surface area contributed by atoms with Crippen LogP contribution in [-0.2, 0) is 4.79 Å². The molecule has 96 valence electrons. The van der Waals surface area contributed by atoms with Gasteiger partial charge in [-0.3, -0.25) is 9.69 Å². The highest BCUT2D eigenvalue weighted by atomic mass is 16.2. The van der Waals surface area contributed by atoms with Crippen molar-refractivity contribution in [2.75, 3.05) is 13.1 Å². The van der Waals surface area contributed by atoms with Crippen LogP contribution in [0.25, 0.3) is 0 Å². The Morgan fingerprint density at radius 2 is 1.75 bits per heavy atom. The molecule has 0 aromatic heterocycles. The zero-order chi connectivity index (χ0) is 12.7. The van der Waals surface area contributed by atoms with Gasteiger partial charge in [-0.05, 0) is 34.1 Å². The van der Waals surface area contributed by atoms with Gasteiger partial charge in [0.05, 0.1) is 6.04 Å². The molecule has 0 saturated carbocycles. The van der Waals surface area contributed by atoms with Crippen LogP contribution in [0, 0.1) is 0 Å². The van der Waals surface area contributed by atoms with Crippen molar-refractivity contribution < 1.29 is 4.79 Å². The fourth-order valence-electron chi connectivity index (χ4n) is 1.74. The first-order valence-electron chi connectivity index (χ1n) is 6.19. The molecule has 0 aliphatic heterocycles. The lowest BCUT2D eigenvalue weighted by Crippen LogP contribution is -2.46. The molecule has 0 saturated heterocycles. The molecular formula is C12H27N3O. The second kappa shape index (κ2) is 7.63. The van der Waals surface area contributed by atoms with Crippen molar-refractivity contribution in [2.45, 2.75) is 59.2 Å². The first-order chi connectivity index (χ1) is 7.40. The average Bonchev–Trinajstić information content (AvgIpc) is 2.21. The summed E-state index contributed by atoms with van der Waals surface area (Å²) >= 11 is 0. The van der Waals surface area contributed by atoms with E-state index in [1.807, 2.05) is 6.92 Å². The van der Waals surface area contributed by atoms with Gasteiger partial charge in [0, 0.05) is 25.2 Å². The van der Waals surface area contributed by atoms with E-state index in [9.17, 15) is 4.79 Å². The van der Waals surface area contributed by atoms with E-state index >= 15 is 0 Å². The molecule has 0 aliphatic carbocycles. The smallest absolute Gasteiger partial charge is 0.236 e. The Morgan fingerprint density at radius 3 is 2.12 bits per heavy atom. The minimum Gasteiger partial charge on any atom is -0.353 e. The third-order valence-corrected chi connectivity index (χ3v) is 2.77. The molecule has 16 heavy (non-hydrogen) atoms. The Hall–Kier alpha value is -0.610. The molecular weight excluding hydrogens is 202 g/mol. The van der Waals surface area contributed by atoms with Gasteiger partial charge in [0.15, 0.2) is 0 Å². The van der Waals surface area contributed by atoms with E-state index in [1.165, 1.54) is 0 Å². The number of nitrogens with two attached hydrogens (primary N) is 1. The molecule has 0 rings (SSSR count). The molecule has 3 N–H and O–H groups in total. The third-order valence-electron chi connectivity index (χ3n) is 2.77. The molecule has 4 nitrogen and oxygen atoms in total. The molecule has 0 unspecified atom stereocenters. The van der Waals surface area contributed by atoms with E-state index in [0.717, 1.165) is 6.54 Å². The van der Waals surface area contributed by atoms with Crippen LogP contribution in [0.15, 0.2) is 0 Å². The lowest BCUT2D eigenvalue weighted by molar-refractivity contribution is -0.122. The van der Waals surface area contributed by atoms with Crippen molar-refractivity contribution in [1.82, 2.24) is 10.2 Å². The topological polar surface area (TPSA) is 58.4 Å². The average molecular weight is 229 g/mol. The van der Waals surface area contributed by atoms with Gasteiger partial charge in [0.25, 0.3) is 0 Å². The van der Waals surface area contributed by atoms with Crippen molar-refractivity contribution >= 4 is 5.91 Å². The van der Waals surface area contributed by atoms with Crippen LogP contribution in [-0.4, -0.2) is 42.0 Å². The lowest BCUT2D eigenvalue weighted by atomic mass is 10.2. The summed E-state index contributed by atoms with van der Waals surface area (Å²) in [5.74, 6) is -0.0463. The molecule has 1 atom stereocenters. The highest BCUT2D eigenvalue weighted by Crippen LogP contribution is 2.03. The summed E-state index contributed by atoms with van der Waals surface area (Å²) in [4.78, 5) is 13.8. The maximum Gasteiger partial charge on any atom is 0.236 e. The Kier molecular flexibility index (Phi) is 7.34. The molecule has 0 fully saturated rings. The van der Waals surface area contributed by atoms with E-state index in [2.05, 4.69) is 37.9 Å². The Morgan fingerprint density at radius 1 is 1.25 bits per heavy atom. The SMILES string of the molecule is CC[C@H](N)C(=O)NCCN(C(C)C)C(C)C. The monoisotopic (exact) mass is 229 g/mol. The van der Waals surface area contributed by atoms with Gasteiger partial charge in [0.2, 0.25) is 5.91 Å². The van der Waals surface area contributed by atoms with E-state index in [4.69, 9.17) is 5.73 Å². The van der Waals surface area contributed by atoms with Gasteiger partial charge in [-0.25, -0.2) is 0 Å². The third kappa shape index (κ3) is 5.47. The minimum absolute atomic E-state index is 0.0463. The maximum atomic E-state index is 11.4. The van der Waals surface area contributed by atoms with Crippen molar-refractivity contribution in [3.05, 3.63) is 0 Å². The van der Waals surface area contributed by atoms with Gasteiger partial charge in [-0.2, -0.15) is 0 Å². The van der Waals surface area contributed by atoms with Gasteiger partial charge in [-0.15, -0.1) is 0 Å². The van der Waals surface area contributed by atoms with E-state index in [1.54, 1.807) is 0 Å². The zero-order valence-corrected chi connectivity index (χ0v) is 11.3. The number of hydrogen-bond acceptors (Lipinski definition) is 3. The number of nitrogens with zero attached hydrogens (tertiary/aromatic N) is 1. The van der Waals surface area contributed by atoms with Crippen molar-refractivity contribution in [3.8, 4) is 0 Å². The summed E-state index contributed by atoms with van der Waals surface area (Å²) in [6, 6.07) is 0.625.